The van der Waals surface area contributed by atoms with Crippen LogP contribution >= 0.6 is 0 Å². The normalized spacial score (nSPS) is 12.3. The number of amides is 1. The highest BCUT2D eigenvalue weighted by Crippen LogP contribution is 2.27. The summed E-state index contributed by atoms with van der Waals surface area (Å²) in [4.78, 5) is 38.2. The number of anilines is 2. The van der Waals surface area contributed by atoms with Crippen molar-refractivity contribution in [2.75, 3.05) is 37.5 Å². The van der Waals surface area contributed by atoms with Gasteiger partial charge in [-0.15, -0.1) is 0 Å². The molecule has 7 heteroatoms. The summed E-state index contributed by atoms with van der Waals surface area (Å²) in [5, 5.41) is 2.74. The molecule has 140 valence electrons. The fraction of sp³-hybridized carbons (Fsp3) is 0.250. The van der Waals surface area contributed by atoms with Gasteiger partial charge in [0.1, 0.15) is 0 Å². The minimum Gasteiger partial charge on any atom is -0.465 e. The lowest BCUT2D eigenvalue weighted by Crippen LogP contribution is -2.32. The van der Waals surface area contributed by atoms with E-state index in [1.54, 1.807) is 0 Å². The number of esters is 2. The molecule has 0 fully saturated rings. The van der Waals surface area contributed by atoms with Crippen LogP contribution in [-0.4, -0.2) is 45.2 Å². The van der Waals surface area contributed by atoms with Crippen molar-refractivity contribution in [2.45, 2.75) is 6.42 Å². The Morgan fingerprint density at radius 3 is 2.26 bits per heavy atom. The number of para-hydroxylation sites is 1. The van der Waals surface area contributed by atoms with E-state index in [0.717, 1.165) is 18.7 Å². The summed E-state index contributed by atoms with van der Waals surface area (Å²) in [5.41, 5.74) is 2.90. The molecular formula is C20H20N2O5. The second kappa shape index (κ2) is 7.90. The molecule has 2 aromatic rings. The van der Waals surface area contributed by atoms with Crippen molar-refractivity contribution in [3.05, 3.63) is 59.2 Å². The van der Waals surface area contributed by atoms with Gasteiger partial charge in [-0.3, -0.25) is 4.79 Å². The molecule has 0 aliphatic carbocycles. The first kappa shape index (κ1) is 18.4. The molecule has 1 amide bonds. The van der Waals surface area contributed by atoms with E-state index in [1.165, 1.54) is 38.0 Å². The van der Waals surface area contributed by atoms with E-state index < -0.39 is 11.9 Å². The van der Waals surface area contributed by atoms with E-state index in [4.69, 9.17) is 9.47 Å². The van der Waals surface area contributed by atoms with E-state index in [9.17, 15) is 14.4 Å². The highest BCUT2D eigenvalue weighted by atomic mass is 16.5. The fourth-order valence-corrected chi connectivity index (χ4v) is 3.12. The first-order valence-corrected chi connectivity index (χ1v) is 8.46. The lowest BCUT2D eigenvalue weighted by atomic mass is 10.1. The Bertz CT molecular complexity index is 859. The van der Waals surface area contributed by atoms with Crippen molar-refractivity contribution >= 4 is 29.2 Å². The van der Waals surface area contributed by atoms with Crippen molar-refractivity contribution in [1.29, 1.82) is 0 Å². The van der Waals surface area contributed by atoms with Crippen LogP contribution in [0.3, 0.4) is 0 Å². The number of fused-ring (bicyclic) bond motifs is 1. The summed E-state index contributed by atoms with van der Waals surface area (Å²) < 4.78 is 9.40. The smallest absolute Gasteiger partial charge is 0.337 e. The summed E-state index contributed by atoms with van der Waals surface area (Å²) >= 11 is 0. The Hall–Kier alpha value is -3.35. The van der Waals surface area contributed by atoms with Gasteiger partial charge < -0.3 is 19.7 Å². The van der Waals surface area contributed by atoms with E-state index >= 15 is 0 Å². The summed E-state index contributed by atoms with van der Waals surface area (Å²) in [6, 6.07) is 12.3. The number of hydrogen-bond acceptors (Lipinski definition) is 6. The first-order valence-electron chi connectivity index (χ1n) is 8.46. The molecule has 2 aromatic carbocycles. The maximum absolute atomic E-state index is 12.5. The fourth-order valence-electron chi connectivity index (χ4n) is 3.12. The molecule has 1 aliphatic heterocycles. The summed E-state index contributed by atoms with van der Waals surface area (Å²) in [6.45, 7) is 0.940. The molecule has 7 nitrogen and oxygen atoms in total. The topological polar surface area (TPSA) is 84.9 Å². The third-order valence-corrected chi connectivity index (χ3v) is 4.38. The van der Waals surface area contributed by atoms with Gasteiger partial charge in [-0.05, 0) is 36.2 Å². The first-order chi connectivity index (χ1) is 13.0. The Kier molecular flexibility index (Phi) is 5.40. The van der Waals surface area contributed by atoms with Crippen LogP contribution in [0.4, 0.5) is 11.4 Å². The lowest BCUT2D eigenvalue weighted by molar-refractivity contribution is -0.115. The molecule has 0 unspecified atom stereocenters. The monoisotopic (exact) mass is 368 g/mol. The van der Waals surface area contributed by atoms with Crippen LogP contribution in [0, 0.1) is 0 Å². The minimum atomic E-state index is -0.607. The highest BCUT2D eigenvalue weighted by molar-refractivity contribution is 6.00. The average Bonchev–Trinajstić information content (AvgIpc) is 3.09. The predicted molar refractivity (Wildman–Crippen MR) is 100 cm³/mol. The molecule has 0 saturated heterocycles. The van der Waals surface area contributed by atoms with Crippen molar-refractivity contribution in [3.63, 3.8) is 0 Å². The van der Waals surface area contributed by atoms with Gasteiger partial charge in [0.05, 0.1) is 31.9 Å². The molecule has 1 aliphatic rings. The van der Waals surface area contributed by atoms with Gasteiger partial charge >= 0.3 is 11.9 Å². The summed E-state index contributed by atoms with van der Waals surface area (Å²) in [6.07, 6.45) is 0.897. The molecule has 0 saturated carbocycles. The number of carbonyl (C=O) groups excluding carboxylic acids is 3. The quantitative estimate of drug-likeness (QED) is 0.815. The third kappa shape index (κ3) is 4.08. The Morgan fingerprint density at radius 1 is 1.00 bits per heavy atom. The molecule has 3 rings (SSSR count). The maximum Gasteiger partial charge on any atom is 0.337 e. The molecule has 0 bridgehead atoms. The van der Waals surface area contributed by atoms with Gasteiger partial charge in [0.25, 0.3) is 0 Å². The summed E-state index contributed by atoms with van der Waals surface area (Å²) in [7, 11) is 2.49. The standard InChI is InChI=1S/C20H20N2O5/c1-26-19(24)14-9-15(20(25)27-2)11-16(10-14)21-18(23)12-22-8-7-13-5-3-4-6-17(13)22/h3-6,9-11H,7-8,12H2,1-2H3,(H,21,23). The van der Waals surface area contributed by atoms with E-state index in [0.29, 0.717) is 5.69 Å². The zero-order valence-corrected chi connectivity index (χ0v) is 15.2. The van der Waals surface area contributed by atoms with Crippen LogP contribution in [0.15, 0.2) is 42.5 Å². The van der Waals surface area contributed by atoms with Crippen LogP contribution in [0.25, 0.3) is 0 Å². The largest absolute Gasteiger partial charge is 0.465 e. The van der Waals surface area contributed by atoms with Gasteiger partial charge in [-0.2, -0.15) is 0 Å². The van der Waals surface area contributed by atoms with Crippen molar-refractivity contribution < 1.29 is 23.9 Å². The van der Waals surface area contributed by atoms with Crippen LogP contribution < -0.4 is 10.2 Å². The molecule has 0 spiro atoms. The van der Waals surface area contributed by atoms with Gasteiger partial charge in [0, 0.05) is 17.9 Å². The Labute approximate surface area is 156 Å². The number of ether oxygens (including phenoxy) is 2. The number of carbonyl (C=O) groups is 3. The molecule has 0 atom stereocenters. The second-order valence-electron chi connectivity index (χ2n) is 6.13. The Morgan fingerprint density at radius 2 is 1.63 bits per heavy atom. The van der Waals surface area contributed by atoms with Crippen LogP contribution in [-0.2, 0) is 20.7 Å². The zero-order valence-electron chi connectivity index (χ0n) is 15.2. The van der Waals surface area contributed by atoms with E-state index in [-0.39, 0.29) is 23.6 Å². The second-order valence-corrected chi connectivity index (χ2v) is 6.13. The van der Waals surface area contributed by atoms with E-state index in [1.807, 2.05) is 23.1 Å². The highest BCUT2D eigenvalue weighted by Gasteiger charge is 2.21. The summed E-state index contributed by atoms with van der Waals surface area (Å²) in [5.74, 6) is -1.46. The van der Waals surface area contributed by atoms with Crippen molar-refractivity contribution in [3.8, 4) is 0 Å². The third-order valence-electron chi connectivity index (χ3n) is 4.38. The number of methoxy groups -OCH3 is 2. The average molecular weight is 368 g/mol. The van der Waals surface area contributed by atoms with Crippen LogP contribution in [0.5, 0.6) is 0 Å². The van der Waals surface area contributed by atoms with Gasteiger partial charge in [-0.1, -0.05) is 18.2 Å². The van der Waals surface area contributed by atoms with Crippen LogP contribution in [0.1, 0.15) is 26.3 Å². The zero-order chi connectivity index (χ0) is 19.4. The molecule has 1 heterocycles. The van der Waals surface area contributed by atoms with Gasteiger partial charge in [0.2, 0.25) is 5.91 Å². The predicted octanol–water partition coefficient (Wildman–Crippen LogP) is 2.26. The molecule has 0 aromatic heterocycles. The number of nitrogens with zero attached hydrogens (tertiary/aromatic N) is 1. The SMILES string of the molecule is COC(=O)c1cc(NC(=O)CN2CCc3ccccc32)cc(C(=O)OC)c1. The van der Waals surface area contributed by atoms with E-state index in [2.05, 4.69) is 11.4 Å². The number of rotatable bonds is 5. The molecular weight excluding hydrogens is 348 g/mol. The number of nitrogens with one attached hydrogen (secondary N) is 1. The lowest BCUT2D eigenvalue weighted by Gasteiger charge is -2.19. The van der Waals surface area contributed by atoms with Crippen LogP contribution in [0.2, 0.25) is 0 Å². The van der Waals surface area contributed by atoms with Gasteiger partial charge in [-0.25, -0.2) is 9.59 Å². The number of benzene rings is 2. The molecule has 27 heavy (non-hydrogen) atoms. The van der Waals surface area contributed by atoms with Crippen molar-refractivity contribution in [2.24, 2.45) is 0 Å². The van der Waals surface area contributed by atoms with Crippen molar-refractivity contribution in [1.82, 2.24) is 0 Å². The molecule has 0 radical (unpaired) electrons. The number of hydrogen-bond donors (Lipinski definition) is 1. The maximum atomic E-state index is 12.5. The van der Waals surface area contributed by atoms with Gasteiger partial charge in [0.15, 0.2) is 0 Å². The minimum absolute atomic E-state index is 0.155. The molecule has 1 N–H and O–H groups in total. The Balaban J connectivity index is 1.77.